The Morgan fingerprint density at radius 2 is 2.40 bits per heavy atom. The molecule has 1 aromatic rings. The molecule has 0 aliphatic carbocycles. The predicted octanol–water partition coefficient (Wildman–Crippen LogP) is 1.39. The minimum Gasteiger partial charge on any atom is -0.328 e. The molecule has 3 heteroatoms. The number of hydrogen-bond acceptors (Lipinski definition) is 3. The van der Waals surface area contributed by atoms with Crippen LogP contribution in [0.2, 0.25) is 0 Å². The normalized spacial score (nSPS) is 27.9. The summed E-state index contributed by atoms with van der Waals surface area (Å²) in [7, 11) is 0. The van der Waals surface area contributed by atoms with E-state index in [9.17, 15) is 0 Å². The highest BCUT2D eigenvalue weighted by molar-refractivity contribution is 5.03. The van der Waals surface area contributed by atoms with Crippen LogP contribution in [0.15, 0.2) is 24.4 Å². The molecule has 1 aromatic heterocycles. The minimum atomic E-state index is 0.389. The van der Waals surface area contributed by atoms with E-state index in [2.05, 4.69) is 22.9 Å². The summed E-state index contributed by atoms with van der Waals surface area (Å²) in [5.41, 5.74) is 7.09. The van der Waals surface area contributed by atoms with Crippen LogP contribution < -0.4 is 5.73 Å². The van der Waals surface area contributed by atoms with Gasteiger partial charge in [0.15, 0.2) is 0 Å². The van der Waals surface area contributed by atoms with E-state index in [-0.39, 0.29) is 0 Å². The SMILES string of the molecule is CC1CC(N)CCN1Cc1ccccn1. The molecular weight excluding hydrogens is 186 g/mol. The first kappa shape index (κ1) is 10.6. The van der Waals surface area contributed by atoms with Crippen molar-refractivity contribution in [2.24, 2.45) is 5.73 Å². The number of aromatic nitrogens is 1. The highest BCUT2D eigenvalue weighted by Crippen LogP contribution is 2.17. The zero-order chi connectivity index (χ0) is 10.7. The first-order valence-electron chi connectivity index (χ1n) is 5.65. The number of pyridine rings is 1. The van der Waals surface area contributed by atoms with Crippen LogP contribution in [0.4, 0.5) is 0 Å². The standard InChI is InChI=1S/C12H19N3/c1-10-8-11(13)5-7-15(10)9-12-4-2-3-6-14-12/h2-4,6,10-11H,5,7-9,13H2,1H3. The lowest BCUT2D eigenvalue weighted by Gasteiger charge is -2.36. The molecule has 0 spiro atoms. The molecular formula is C12H19N3. The number of likely N-dealkylation sites (tertiary alicyclic amines) is 1. The average molecular weight is 205 g/mol. The molecule has 2 rings (SSSR count). The maximum atomic E-state index is 5.94. The fourth-order valence-corrected chi connectivity index (χ4v) is 2.19. The first-order valence-corrected chi connectivity index (χ1v) is 5.65. The third-order valence-electron chi connectivity index (χ3n) is 3.15. The number of rotatable bonds is 2. The van der Waals surface area contributed by atoms with Gasteiger partial charge in [-0.1, -0.05) is 6.07 Å². The summed E-state index contributed by atoms with van der Waals surface area (Å²) in [6, 6.07) is 7.05. The van der Waals surface area contributed by atoms with Crippen molar-refractivity contribution < 1.29 is 0 Å². The monoisotopic (exact) mass is 205 g/mol. The summed E-state index contributed by atoms with van der Waals surface area (Å²) in [6.45, 7) is 4.30. The van der Waals surface area contributed by atoms with Gasteiger partial charge in [-0.05, 0) is 31.9 Å². The van der Waals surface area contributed by atoms with Gasteiger partial charge in [0.05, 0.1) is 5.69 Å². The van der Waals surface area contributed by atoms with E-state index in [0.29, 0.717) is 12.1 Å². The van der Waals surface area contributed by atoms with Gasteiger partial charge in [0.25, 0.3) is 0 Å². The minimum absolute atomic E-state index is 0.389. The molecule has 1 aliphatic heterocycles. The van der Waals surface area contributed by atoms with Gasteiger partial charge in [-0.15, -0.1) is 0 Å². The summed E-state index contributed by atoms with van der Waals surface area (Å²) < 4.78 is 0. The summed E-state index contributed by atoms with van der Waals surface area (Å²) >= 11 is 0. The Morgan fingerprint density at radius 3 is 3.07 bits per heavy atom. The fourth-order valence-electron chi connectivity index (χ4n) is 2.19. The molecule has 2 heterocycles. The molecule has 2 N–H and O–H groups in total. The molecule has 1 aliphatic rings. The number of nitrogens with zero attached hydrogens (tertiary/aromatic N) is 2. The largest absolute Gasteiger partial charge is 0.328 e. The van der Waals surface area contributed by atoms with Crippen LogP contribution in [0.1, 0.15) is 25.5 Å². The second kappa shape index (κ2) is 4.73. The lowest BCUT2D eigenvalue weighted by Crippen LogP contribution is -2.45. The Bertz CT molecular complexity index is 299. The Balaban J connectivity index is 1.95. The lowest BCUT2D eigenvalue weighted by atomic mass is 9.99. The van der Waals surface area contributed by atoms with Crippen LogP contribution >= 0.6 is 0 Å². The third kappa shape index (κ3) is 2.76. The van der Waals surface area contributed by atoms with Gasteiger partial charge < -0.3 is 5.73 Å². The average Bonchev–Trinajstić information content (AvgIpc) is 2.24. The zero-order valence-electron chi connectivity index (χ0n) is 9.26. The molecule has 0 aromatic carbocycles. The van der Waals surface area contributed by atoms with Gasteiger partial charge in [0.1, 0.15) is 0 Å². The van der Waals surface area contributed by atoms with Gasteiger partial charge in [-0.25, -0.2) is 0 Å². The molecule has 82 valence electrons. The van der Waals surface area contributed by atoms with Crippen LogP contribution in [-0.2, 0) is 6.54 Å². The van der Waals surface area contributed by atoms with Crippen molar-refractivity contribution >= 4 is 0 Å². The Kier molecular flexibility index (Phi) is 3.34. The van der Waals surface area contributed by atoms with Crippen molar-refractivity contribution in [1.29, 1.82) is 0 Å². The van der Waals surface area contributed by atoms with Crippen LogP contribution in [0, 0.1) is 0 Å². The molecule has 1 fully saturated rings. The quantitative estimate of drug-likeness (QED) is 0.793. The molecule has 0 bridgehead atoms. The number of piperidine rings is 1. The van der Waals surface area contributed by atoms with Crippen LogP contribution in [0.3, 0.4) is 0 Å². The van der Waals surface area contributed by atoms with E-state index >= 15 is 0 Å². The highest BCUT2D eigenvalue weighted by Gasteiger charge is 2.22. The van der Waals surface area contributed by atoms with Crippen molar-refractivity contribution in [1.82, 2.24) is 9.88 Å². The smallest absolute Gasteiger partial charge is 0.0544 e. The van der Waals surface area contributed by atoms with Crippen molar-refractivity contribution in [2.45, 2.75) is 38.4 Å². The summed E-state index contributed by atoms with van der Waals surface area (Å²) in [5.74, 6) is 0. The first-order chi connectivity index (χ1) is 7.25. The summed E-state index contributed by atoms with van der Waals surface area (Å²) in [4.78, 5) is 6.82. The highest BCUT2D eigenvalue weighted by atomic mass is 15.2. The molecule has 0 amide bonds. The van der Waals surface area contributed by atoms with Crippen LogP contribution in [0.5, 0.6) is 0 Å². The maximum Gasteiger partial charge on any atom is 0.0544 e. The van der Waals surface area contributed by atoms with E-state index in [1.165, 1.54) is 0 Å². The Morgan fingerprint density at radius 1 is 1.53 bits per heavy atom. The predicted molar refractivity (Wildman–Crippen MR) is 61.3 cm³/mol. The van der Waals surface area contributed by atoms with Crippen molar-refractivity contribution in [3.8, 4) is 0 Å². The fraction of sp³-hybridized carbons (Fsp3) is 0.583. The lowest BCUT2D eigenvalue weighted by molar-refractivity contribution is 0.138. The second-order valence-corrected chi connectivity index (χ2v) is 4.43. The molecule has 0 radical (unpaired) electrons. The van der Waals surface area contributed by atoms with E-state index in [0.717, 1.165) is 31.6 Å². The van der Waals surface area contributed by atoms with Crippen molar-refractivity contribution in [3.63, 3.8) is 0 Å². The second-order valence-electron chi connectivity index (χ2n) is 4.43. The molecule has 15 heavy (non-hydrogen) atoms. The van der Waals surface area contributed by atoms with E-state index in [1.807, 2.05) is 18.3 Å². The van der Waals surface area contributed by atoms with Crippen molar-refractivity contribution in [2.75, 3.05) is 6.54 Å². The Labute approximate surface area is 91.3 Å². The van der Waals surface area contributed by atoms with Crippen LogP contribution in [0.25, 0.3) is 0 Å². The van der Waals surface area contributed by atoms with E-state index in [4.69, 9.17) is 5.73 Å². The van der Waals surface area contributed by atoms with Gasteiger partial charge in [-0.2, -0.15) is 0 Å². The van der Waals surface area contributed by atoms with E-state index < -0.39 is 0 Å². The Hall–Kier alpha value is -0.930. The van der Waals surface area contributed by atoms with Gasteiger partial charge in [0.2, 0.25) is 0 Å². The third-order valence-corrected chi connectivity index (χ3v) is 3.15. The molecule has 1 saturated heterocycles. The summed E-state index contributed by atoms with van der Waals surface area (Å²) in [5, 5.41) is 0. The molecule has 2 unspecified atom stereocenters. The number of nitrogens with two attached hydrogens (primary N) is 1. The molecule has 2 atom stereocenters. The van der Waals surface area contributed by atoms with Gasteiger partial charge >= 0.3 is 0 Å². The van der Waals surface area contributed by atoms with Gasteiger partial charge in [0, 0.05) is 31.4 Å². The van der Waals surface area contributed by atoms with E-state index in [1.54, 1.807) is 0 Å². The van der Waals surface area contributed by atoms with Crippen molar-refractivity contribution in [3.05, 3.63) is 30.1 Å². The van der Waals surface area contributed by atoms with Gasteiger partial charge in [-0.3, -0.25) is 9.88 Å². The molecule has 3 nitrogen and oxygen atoms in total. The number of hydrogen-bond donors (Lipinski definition) is 1. The summed E-state index contributed by atoms with van der Waals surface area (Å²) in [6.07, 6.45) is 4.07. The van der Waals surface area contributed by atoms with Crippen LogP contribution in [-0.4, -0.2) is 28.5 Å². The maximum absolute atomic E-state index is 5.94. The zero-order valence-corrected chi connectivity index (χ0v) is 9.26. The topological polar surface area (TPSA) is 42.1 Å². The molecule has 0 saturated carbocycles.